The minimum atomic E-state index is -1.13. The van der Waals surface area contributed by atoms with Crippen LogP contribution in [0.4, 0.5) is 5.69 Å². The van der Waals surface area contributed by atoms with E-state index in [1.165, 1.54) is 23.1 Å². The van der Waals surface area contributed by atoms with Crippen LogP contribution < -0.4 is 21.3 Å². The van der Waals surface area contributed by atoms with Crippen molar-refractivity contribution in [1.82, 2.24) is 25.8 Å². The van der Waals surface area contributed by atoms with Gasteiger partial charge in [0.2, 0.25) is 29.4 Å². The fourth-order valence-electron chi connectivity index (χ4n) is 8.83. The number of imide groups is 3. The number of anilines is 1. The Morgan fingerprint density at radius 2 is 1.25 bits per heavy atom. The SMILES string of the molecule is CC(C)(C)c1ccc(C(=O)C(=O)Nc2cccc3c2C(=O)N(C2CCC(=O)NC2=O)C3=O)cc1.Cc1cc(C(=O)C(=O)NCc2ccc3c(c2)CN(C2CCC(=O)NC2=O)C3=O)ccc1C(C)(C)C. The lowest BCUT2D eigenvalue weighted by molar-refractivity contribution is -0.138. The van der Waals surface area contributed by atoms with Gasteiger partial charge in [0.25, 0.3) is 35.3 Å². The van der Waals surface area contributed by atoms with Crippen LogP contribution in [0.25, 0.3) is 0 Å². The van der Waals surface area contributed by atoms with Crippen LogP contribution in [0.15, 0.2) is 78.9 Å². The molecule has 2 atom stereocenters. The van der Waals surface area contributed by atoms with Gasteiger partial charge in [-0.25, -0.2) is 0 Å². The van der Waals surface area contributed by atoms with Crippen molar-refractivity contribution >= 4 is 70.4 Å². The summed E-state index contributed by atoms with van der Waals surface area (Å²) in [6, 6.07) is 19.7. The number of rotatable bonds is 9. The molecule has 2 fully saturated rings. The van der Waals surface area contributed by atoms with Crippen LogP contribution in [0.3, 0.4) is 0 Å². The average Bonchev–Trinajstić information content (AvgIpc) is 3.75. The largest absolute Gasteiger partial charge is 0.345 e. The number of hydrogen-bond acceptors (Lipinski definition) is 11. The van der Waals surface area contributed by atoms with Crippen molar-refractivity contribution < 1.29 is 52.7 Å². The molecule has 4 N–H and O–H groups in total. The topological polar surface area (TPSA) is 242 Å². The van der Waals surface area contributed by atoms with E-state index in [1.54, 1.807) is 54.6 Å². The quantitative estimate of drug-likeness (QED) is 0.101. The molecular formula is C52H52N6O11. The molecule has 8 rings (SSSR count). The Morgan fingerprint density at radius 3 is 1.84 bits per heavy atom. The molecular weight excluding hydrogens is 885 g/mol. The van der Waals surface area contributed by atoms with E-state index in [4.69, 9.17) is 0 Å². The van der Waals surface area contributed by atoms with E-state index in [9.17, 15) is 52.7 Å². The van der Waals surface area contributed by atoms with Gasteiger partial charge in [-0.15, -0.1) is 0 Å². The summed E-state index contributed by atoms with van der Waals surface area (Å²) in [7, 11) is 0. The Hall–Kier alpha value is -7.95. The monoisotopic (exact) mass is 936 g/mol. The van der Waals surface area contributed by atoms with Crippen molar-refractivity contribution in [2.75, 3.05) is 5.32 Å². The van der Waals surface area contributed by atoms with Crippen molar-refractivity contribution in [1.29, 1.82) is 0 Å². The summed E-state index contributed by atoms with van der Waals surface area (Å²) in [6.07, 6.45) is 0.503. The molecule has 2 saturated heterocycles. The van der Waals surface area contributed by atoms with Gasteiger partial charge < -0.3 is 15.5 Å². The molecule has 4 aliphatic heterocycles. The van der Waals surface area contributed by atoms with Gasteiger partial charge in [0.05, 0.1) is 16.8 Å². The number of amides is 9. The van der Waals surface area contributed by atoms with Crippen LogP contribution >= 0.6 is 0 Å². The second-order valence-corrected chi connectivity index (χ2v) is 19.5. The molecule has 0 aromatic heterocycles. The Morgan fingerprint density at radius 1 is 0.638 bits per heavy atom. The number of nitrogens with one attached hydrogen (secondary N) is 4. The third kappa shape index (κ3) is 10.2. The molecule has 0 spiro atoms. The number of benzene rings is 4. The number of ketones is 2. The molecule has 2 unspecified atom stereocenters. The maximum Gasteiger partial charge on any atom is 0.296 e. The number of Topliss-reactive ketones (excluding diaryl/α,β-unsaturated/α-hetero) is 2. The first-order chi connectivity index (χ1) is 32.4. The molecule has 4 heterocycles. The summed E-state index contributed by atoms with van der Waals surface area (Å²) in [5.41, 5.74) is 5.32. The molecule has 4 aliphatic rings. The lowest BCUT2D eigenvalue weighted by Gasteiger charge is -2.29. The van der Waals surface area contributed by atoms with Gasteiger partial charge in [-0.2, -0.15) is 0 Å². The Kier molecular flexibility index (Phi) is 13.5. The van der Waals surface area contributed by atoms with Crippen molar-refractivity contribution in [3.63, 3.8) is 0 Å². The van der Waals surface area contributed by atoms with Crippen molar-refractivity contribution in [2.24, 2.45) is 0 Å². The van der Waals surface area contributed by atoms with Crippen LogP contribution in [0.5, 0.6) is 0 Å². The maximum absolute atomic E-state index is 13.1. The molecule has 9 amide bonds. The van der Waals surface area contributed by atoms with Gasteiger partial charge >= 0.3 is 0 Å². The summed E-state index contributed by atoms with van der Waals surface area (Å²) in [6.45, 7) is 14.7. The minimum absolute atomic E-state index is 0.00406. The Bertz CT molecular complexity index is 2910. The normalized spacial score (nSPS) is 17.9. The van der Waals surface area contributed by atoms with Crippen LogP contribution in [0, 0.1) is 6.92 Å². The predicted molar refractivity (Wildman–Crippen MR) is 250 cm³/mol. The van der Waals surface area contributed by atoms with E-state index in [1.807, 2.05) is 33.8 Å². The first kappa shape index (κ1) is 49.0. The highest BCUT2D eigenvalue weighted by Crippen LogP contribution is 2.33. The van der Waals surface area contributed by atoms with Crippen molar-refractivity contribution in [2.45, 2.75) is 110 Å². The third-order valence-corrected chi connectivity index (χ3v) is 12.5. The number of carbonyl (C=O) groups excluding carboxylic acids is 11. The van der Waals surface area contributed by atoms with Gasteiger partial charge in [-0.1, -0.05) is 96.1 Å². The fraction of sp³-hybridized carbons (Fsp3) is 0.327. The van der Waals surface area contributed by atoms with Crippen LogP contribution in [0.2, 0.25) is 0 Å². The van der Waals surface area contributed by atoms with E-state index < -0.39 is 65.0 Å². The summed E-state index contributed by atoms with van der Waals surface area (Å²) in [5.74, 6) is -6.78. The molecule has 0 saturated carbocycles. The standard InChI is InChI=1S/C27H29N3O5.C25H23N3O6/c1-15-11-17(6-8-20(15)27(2,3)4)23(32)25(34)28-13-16-5-7-19-18(12-16)14-30(26(19)35)21-9-10-22(31)29-24(21)33;1-25(2,3)14-9-7-13(8-10-14)20(30)22(32)26-16-6-4-5-15-19(16)24(34)28(23(15)33)17-11-12-18(29)27-21(17)31/h5-8,11-12,21H,9-10,13-14H2,1-4H3,(H,28,34)(H,29,31,33);4-10,17H,11-12H2,1-3H3,(H,26,32)(H,27,29,31). The number of aryl methyl sites for hydroxylation is 1. The molecule has 0 radical (unpaired) electrons. The van der Waals surface area contributed by atoms with E-state index in [2.05, 4.69) is 42.0 Å². The summed E-state index contributed by atoms with van der Waals surface area (Å²) < 4.78 is 0. The van der Waals surface area contributed by atoms with E-state index in [0.717, 1.165) is 32.7 Å². The zero-order valence-electron chi connectivity index (χ0n) is 39.3. The average molecular weight is 937 g/mol. The lowest BCUT2D eigenvalue weighted by Crippen LogP contribution is -2.54. The number of nitrogens with zero attached hydrogens (tertiary/aromatic N) is 2. The summed E-state index contributed by atoms with van der Waals surface area (Å²) in [4.78, 5) is 139. The molecule has 4 aromatic rings. The first-order valence-corrected chi connectivity index (χ1v) is 22.5. The van der Waals surface area contributed by atoms with Gasteiger partial charge in [0.15, 0.2) is 0 Å². The Balaban J connectivity index is 0.000000204. The maximum atomic E-state index is 13.1. The second-order valence-electron chi connectivity index (χ2n) is 19.5. The fourth-order valence-corrected chi connectivity index (χ4v) is 8.83. The molecule has 4 aromatic carbocycles. The van der Waals surface area contributed by atoms with Crippen molar-refractivity contribution in [3.8, 4) is 0 Å². The van der Waals surface area contributed by atoms with Gasteiger partial charge in [0.1, 0.15) is 12.1 Å². The Labute approximate surface area is 397 Å². The zero-order chi connectivity index (χ0) is 50.3. The molecule has 17 nitrogen and oxygen atoms in total. The van der Waals surface area contributed by atoms with E-state index in [0.29, 0.717) is 17.5 Å². The molecule has 0 bridgehead atoms. The molecule has 0 aliphatic carbocycles. The third-order valence-electron chi connectivity index (χ3n) is 12.5. The smallest absolute Gasteiger partial charge is 0.296 e. The molecule has 17 heteroatoms. The van der Waals surface area contributed by atoms with Gasteiger partial charge in [-0.3, -0.25) is 68.3 Å². The number of hydrogen-bond donors (Lipinski definition) is 4. The highest BCUT2D eigenvalue weighted by atomic mass is 16.2. The summed E-state index contributed by atoms with van der Waals surface area (Å²) in [5, 5.41) is 9.51. The first-order valence-electron chi connectivity index (χ1n) is 22.5. The lowest BCUT2D eigenvalue weighted by atomic mass is 9.83. The van der Waals surface area contributed by atoms with Crippen LogP contribution in [0.1, 0.15) is 147 Å². The molecule has 69 heavy (non-hydrogen) atoms. The van der Waals surface area contributed by atoms with Crippen LogP contribution in [-0.4, -0.2) is 86.6 Å². The highest BCUT2D eigenvalue weighted by Gasteiger charge is 2.46. The minimum Gasteiger partial charge on any atom is -0.345 e. The van der Waals surface area contributed by atoms with Gasteiger partial charge in [-0.05, 0) is 82.7 Å². The van der Waals surface area contributed by atoms with Crippen molar-refractivity contribution in [3.05, 3.63) is 134 Å². The number of piperidine rings is 2. The zero-order valence-corrected chi connectivity index (χ0v) is 39.3. The van der Waals surface area contributed by atoms with Crippen LogP contribution in [-0.2, 0) is 52.7 Å². The predicted octanol–water partition coefficient (Wildman–Crippen LogP) is 4.76. The number of carbonyl (C=O) groups is 11. The second kappa shape index (κ2) is 19.0. The van der Waals surface area contributed by atoms with E-state index in [-0.39, 0.29) is 77.4 Å². The number of fused-ring (bicyclic) bond motifs is 2. The molecule has 356 valence electrons. The van der Waals surface area contributed by atoms with Gasteiger partial charge in [0, 0.05) is 42.6 Å². The van der Waals surface area contributed by atoms with E-state index >= 15 is 0 Å². The highest BCUT2D eigenvalue weighted by molar-refractivity contribution is 6.47. The summed E-state index contributed by atoms with van der Waals surface area (Å²) >= 11 is 0.